The molecule has 0 aromatic heterocycles. The van der Waals surface area contributed by atoms with E-state index >= 15 is 0 Å². The fourth-order valence-corrected chi connectivity index (χ4v) is 1.73. The second-order valence-corrected chi connectivity index (χ2v) is 3.56. The van der Waals surface area contributed by atoms with Gasteiger partial charge in [-0.05, 0) is 18.6 Å². The molecule has 1 unspecified atom stereocenters. The predicted octanol–water partition coefficient (Wildman–Crippen LogP) is 2.25. The molecule has 0 spiro atoms. The largest absolute Gasteiger partial charge is 0.493 e. The van der Waals surface area contributed by atoms with Gasteiger partial charge in [-0.2, -0.15) is 0 Å². The SMILES string of the molecule is CCC(O[C]=O)c1cc(OC)c(OC)c(OC)c1. The zero-order valence-electron chi connectivity index (χ0n) is 11.0. The highest BCUT2D eigenvalue weighted by Crippen LogP contribution is 2.40. The minimum absolute atomic E-state index is 0.379. The molecule has 0 heterocycles. The van der Waals surface area contributed by atoms with E-state index in [9.17, 15) is 4.79 Å². The quantitative estimate of drug-likeness (QED) is 0.746. The van der Waals surface area contributed by atoms with E-state index in [0.717, 1.165) is 5.56 Å². The third kappa shape index (κ3) is 2.85. The van der Waals surface area contributed by atoms with Crippen LogP contribution in [0.25, 0.3) is 0 Å². The van der Waals surface area contributed by atoms with Gasteiger partial charge in [-0.1, -0.05) is 6.92 Å². The van der Waals surface area contributed by atoms with E-state index in [4.69, 9.17) is 18.9 Å². The molecule has 1 atom stereocenters. The van der Waals surface area contributed by atoms with Gasteiger partial charge in [0.25, 0.3) is 0 Å². The van der Waals surface area contributed by atoms with E-state index in [1.165, 1.54) is 27.8 Å². The van der Waals surface area contributed by atoms with Crippen LogP contribution >= 0.6 is 0 Å². The van der Waals surface area contributed by atoms with Crippen LogP contribution in [0.5, 0.6) is 17.2 Å². The Morgan fingerprint density at radius 2 is 1.67 bits per heavy atom. The molecule has 1 radical (unpaired) electrons. The molecule has 0 amide bonds. The highest BCUT2D eigenvalue weighted by Gasteiger charge is 2.18. The van der Waals surface area contributed by atoms with Crippen LogP contribution in [0, 0.1) is 0 Å². The molecule has 18 heavy (non-hydrogen) atoms. The van der Waals surface area contributed by atoms with Crippen molar-refractivity contribution in [2.45, 2.75) is 19.4 Å². The van der Waals surface area contributed by atoms with Crippen LogP contribution in [-0.2, 0) is 9.53 Å². The molecule has 1 aromatic carbocycles. The first-order valence-corrected chi connectivity index (χ1v) is 5.54. The van der Waals surface area contributed by atoms with Crippen LogP contribution in [-0.4, -0.2) is 27.8 Å². The minimum Gasteiger partial charge on any atom is -0.493 e. The molecule has 0 saturated carbocycles. The molecule has 0 aliphatic heterocycles. The van der Waals surface area contributed by atoms with E-state index < -0.39 is 0 Å². The molecule has 5 nitrogen and oxygen atoms in total. The maximum Gasteiger partial charge on any atom is 0.418 e. The van der Waals surface area contributed by atoms with Crippen molar-refractivity contribution in [3.8, 4) is 17.2 Å². The molecule has 0 N–H and O–H groups in total. The molecular weight excluding hydrogens is 236 g/mol. The maximum atomic E-state index is 10.3. The van der Waals surface area contributed by atoms with Gasteiger partial charge in [0.2, 0.25) is 5.75 Å². The van der Waals surface area contributed by atoms with Gasteiger partial charge in [0.05, 0.1) is 21.3 Å². The average Bonchev–Trinajstić information content (AvgIpc) is 2.42. The summed E-state index contributed by atoms with van der Waals surface area (Å²) < 4.78 is 20.6. The first kappa shape index (κ1) is 14.2. The fraction of sp³-hybridized carbons (Fsp3) is 0.462. The zero-order chi connectivity index (χ0) is 13.5. The van der Waals surface area contributed by atoms with Crippen LogP contribution < -0.4 is 14.2 Å². The van der Waals surface area contributed by atoms with Gasteiger partial charge in [0.15, 0.2) is 11.5 Å². The van der Waals surface area contributed by atoms with Crippen LogP contribution in [0.2, 0.25) is 0 Å². The van der Waals surface area contributed by atoms with Gasteiger partial charge < -0.3 is 18.9 Å². The van der Waals surface area contributed by atoms with Crippen molar-refractivity contribution >= 4 is 6.47 Å². The lowest BCUT2D eigenvalue weighted by Crippen LogP contribution is -2.04. The Morgan fingerprint density at radius 1 is 1.11 bits per heavy atom. The maximum absolute atomic E-state index is 10.3. The second-order valence-electron chi connectivity index (χ2n) is 3.56. The molecule has 1 rings (SSSR count). The van der Waals surface area contributed by atoms with Gasteiger partial charge in [-0.25, -0.2) is 4.79 Å². The molecule has 0 aliphatic rings. The van der Waals surface area contributed by atoms with E-state index in [-0.39, 0.29) is 6.10 Å². The summed E-state index contributed by atoms with van der Waals surface area (Å²) in [5.41, 5.74) is 0.773. The predicted molar refractivity (Wildman–Crippen MR) is 65.9 cm³/mol. The first-order chi connectivity index (χ1) is 8.71. The van der Waals surface area contributed by atoms with Gasteiger partial charge in [0, 0.05) is 5.56 Å². The van der Waals surface area contributed by atoms with Crippen molar-refractivity contribution in [1.82, 2.24) is 0 Å². The number of carbonyl (C=O) groups excluding carboxylic acids is 1. The average molecular weight is 253 g/mol. The van der Waals surface area contributed by atoms with Gasteiger partial charge >= 0.3 is 6.47 Å². The molecular formula is C13H17O5. The Morgan fingerprint density at radius 3 is 2.00 bits per heavy atom. The van der Waals surface area contributed by atoms with Crippen molar-refractivity contribution in [3.05, 3.63) is 17.7 Å². The van der Waals surface area contributed by atoms with Crippen molar-refractivity contribution in [2.24, 2.45) is 0 Å². The highest BCUT2D eigenvalue weighted by atomic mass is 16.5. The number of hydrogen-bond donors (Lipinski definition) is 0. The Balaban J connectivity index is 3.25. The van der Waals surface area contributed by atoms with Gasteiger partial charge in [-0.3, -0.25) is 0 Å². The van der Waals surface area contributed by atoms with E-state index in [1.54, 1.807) is 12.1 Å². The molecule has 1 aromatic rings. The number of benzene rings is 1. The summed E-state index contributed by atoms with van der Waals surface area (Å²) in [6.07, 6.45) is 0.254. The Labute approximate surface area is 107 Å². The molecule has 0 saturated heterocycles. The second kappa shape index (κ2) is 6.74. The lowest BCUT2D eigenvalue weighted by atomic mass is 10.1. The lowest BCUT2D eigenvalue weighted by Gasteiger charge is -2.17. The Kier molecular flexibility index (Phi) is 5.30. The van der Waals surface area contributed by atoms with Crippen LogP contribution in [0.15, 0.2) is 12.1 Å². The highest BCUT2D eigenvalue weighted by molar-refractivity contribution is 5.54. The topological polar surface area (TPSA) is 54.0 Å². The third-order valence-corrected chi connectivity index (χ3v) is 2.62. The number of hydrogen-bond acceptors (Lipinski definition) is 5. The molecule has 0 fully saturated rings. The van der Waals surface area contributed by atoms with Gasteiger partial charge in [-0.15, -0.1) is 0 Å². The Bertz CT molecular complexity index is 377. The summed E-state index contributed by atoms with van der Waals surface area (Å²) in [6, 6.07) is 3.51. The number of methoxy groups -OCH3 is 3. The summed E-state index contributed by atoms with van der Waals surface area (Å²) in [4.78, 5) is 10.3. The van der Waals surface area contributed by atoms with Crippen LogP contribution in [0.4, 0.5) is 0 Å². The summed E-state index contributed by atoms with van der Waals surface area (Å²) >= 11 is 0. The molecule has 0 bridgehead atoms. The third-order valence-electron chi connectivity index (χ3n) is 2.62. The van der Waals surface area contributed by atoms with Crippen molar-refractivity contribution < 1.29 is 23.7 Å². The van der Waals surface area contributed by atoms with E-state index in [0.29, 0.717) is 23.7 Å². The molecule has 0 aliphatic carbocycles. The zero-order valence-corrected chi connectivity index (χ0v) is 11.0. The summed E-state index contributed by atoms with van der Waals surface area (Å²) in [5.74, 6) is 1.56. The van der Waals surface area contributed by atoms with Gasteiger partial charge in [0.1, 0.15) is 6.10 Å². The summed E-state index contributed by atoms with van der Waals surface area (Å²) in [7, 11) is 4.61. The van der Waals surface area contributed by atoms with Crippen LogP contribution in [0.3, 0.4) is 0 Å². The normalized spacial score (nSPS) is 11.6. The fourth-order valence-electron chi connectivity index (χ4n) is 1.73. The van der Waals surface area contributed by atoms with Crippen molar-refractivity contribution in [1.29, 1.82) is 0 Å². The lowest BCUT2D eigenvalue weighted by molar-refractivity contribution is 0.174. The monoisotopic (exact) mass is 253 g/mol. The van der Waals surface area contributed by atoms with E-state index in [1.807, 2.05) is 6.92 Å². The summed E-state index contributed by atoms with van der Waals surface area (Å²) in [6.45, 7) is 3.37. The standard InChI is InChI=1S/C13H17O5/c1-5-10(18-8-14)9-6-11(15-2)13(17-4)12(7-9)16-3/h6-7,10H,5H2,1-4H3. The minimum atomic E-state index is -0.379. The van der Waals surface area contributed by atoms with Crippen molar-refractivity contribution in [3.63, 3.8) is 0 Å². The smallest absolute Gasteiger partial charge is 0.418 e. The Hall–Kier alpha value is -1.91. The number of ether oxygens (including phenoxy) is 4. The molecule has 5 heteroatoms. The number of rotatable bonds is 7. The molecule has 99 valence electrons. The van der Waals surface area contributed by atoms with E-state index in [2.05, 4.69) is 0 Å². The summed E-state index contributed by atoms with van der Waals surface area (Å²) in [5, 5.41) is 0. The first-order valence-electron chi connectivity index (χ1n) is 5.54. The van der Waals surface area contributed by atoms with Crippen LogP contribution in [0.1, 0.15) is 25.0 Å². The van der Waals surface area contributed by atoms with Crippen molar-refractivity contribution in [2.75, 3.05) is 21.3 Å².